The van der Waals surface area contributed by atoms with E-state index in [4.69, 9.17) is 14.6 Å². The Hall–Kier alpha value is -1.79. The first-order valence-corrected chi connectivity index (χ1v) is 7.60. The van der Waals surface area contributed by atoms with Crippen LogP contribution in [-0.2, 0) is 9.53 Å². The fourth-order valence-electron chi connectivity index (χ4n) is 2.48. The number of rotatable bonds is 8. The zero-order chi connectivity index (χ0) is 15.8. The van der Waals surface area contributed by atoms with Gasteiger partial charge >= 0.3 is 5.97 Å². The third-order valence-corrected chi connectivity index (χ3v) is 3.82. The molecule has 1 fully saturated rings. The summed E-state index contributed by atoms with van der Waals surface area (Å²) in [6.07, 6.45) is 0.134. The molecule has 1 saturated heterocycles. The molecule has 6 nitrogen and oxygen atoms in total. The van der Waals surface area contributed by atoms with Crippen LogP contribution in [0.5, 0.6) is 5.75 Å². The third-order valence-electron chi connectivity index (χ3n) is 3.82. The number of methoxy groups -OCH3 is 1. The summed E-state index contributed by atoms with van der Waals surface area (Å²) in [5, 5.41) is 8.93. The Labute approximate surface area is 131 Å². The van der Waals surface area contributed by atoms with E-state index in [1.54, 1.807) is 7.11 Å². The number of morpholine rings is 1. The smallest absolute Gasteiger partial charge is 0.305 e. The molecule has 1 aromatic carbocycles. The predicted octanol–water partition coefficient (Wildman–Crippen LogP) is 1.31. The Morgan fingerprint density at radius 1 is 1.27 bits per heavy atom. The number of aliphatic carboxylic acids is 1. The van der Waals surface area contributed by atoms with E-state index in [1.807, 2.05) is 24.3 Å². The molecular weight excluding hydrogens is 284 g/mol. The molecule has 1 N–H and O–H groups in total. The van der Waals surface area contributed by atoms with Gasteiger partial charge < -0.3 is 19.5 Å². The molecule has 22 heavy (non-hydrogen) atoms. The first-order chi connectivity index (χ1) is 10.7. The monoisotopic (exact) mass is 308 g/mol. The Kier molecular flexibility index (Phi) is 6.48. The zero-order valence-electron chi connectivity index (χ0n) is 13.0. The van der Waals surface area contributed by atoms with E-state index in [0.717, 1.165) is 50.8 Å². The highest BCUT2D eigenvalue weighted by Crippen LogP contribution is 2.19. The third kappa shape index (κ3) is 5.20. The topological polar surface area (TPSA) is 62.2 Å². The molecule has 0 bridgehead atoms. The van der Waals surface area contributed by atoms with Crippen molar-refractivity contribution >= 4 is 11.7 Å². The minimum absolute atomic E-state index is 0.134. The van der Waals surface area contributed by atoms with Gasteiger partial charge in [0, 0.05) is 38.4 Å². The molecular formula is C16H24N2O4. The molecule has 0 unspecified atom stereocenters. The second-order valence-electron chi connectivity index (χ2n) is 5.28. The fraction of sp³-hybridized carbons (Fsp3) is 0.562. The van der Waals surface area contributed by atoms with Crippen LogP contribution in [-0.4, -0.2) is 69.0 Å². The Morgan fingerprint density at radius 3 is 2.55 bits per heavy atom. The number of nitrogens with zero attached hydrogens (tertiary/aromatic N) is 2. The second-order valence-corrected chi connectivity index (χ2v) is 5.28. The van der Waals surface area contributed by atoms with Crippen LogP contribution in [0.3, 0.4) is 0 Å². The van der Waals surface area contributed by atoms with E-state index < -0.39 is 5.97 Å². The number of carboxylic acid groups (broad SMARTS) is 1. The Bertz CT molecular complexity index is 458. The number of carboxylic acids is 1. The minimum atomic E-state index is -0.773. The molecule has 0 spiro atoms. The van der Waals surface area contributed by atoms with Gasteiger partial charge in [-0.25, -0.2) is 0 Å². The molecule has 122 valence electrons. The summed E-state index contributed by atoms with van der Waals surface area (Å²) in [5.41, 5.74) is 1.02. The summed E-state index contributed by atoms with van der Waals surface area (Å²) in [5.74, 6) is 0.0278. The lowest BCUT2D eigenvalue weighted by molar-refractivity contribution is -0.136. The lowest BCUT2D eigenvalue weighted by Crippen LogP contribution is -2.42. The maximum absolute atomic E-state index is 10.9. The molecule has 0 aromatic heterocycles. The van der Waals surface area contributed by atoms with Gasteiger partial charge in [-0.15, -0.1) is 0 Å². The summed E-state index contributed by atoms with van der Waals surface area (Å²) in [6, 6.07) is 7.75. The SMILES string of the molecule is COc1ccc(N(CCC(=O)O)CCN2CCOCC2)cc1. The van der Waals surface area contributed by atoms with Crippen LogP contribution in [0.4, 0.5) is 5.69 Å². The van der Waals surface area contributed by atoms with Crippen LogP contribution < -0.4 is 9.64 Å². The normalized spacial score (nSPS) is 15.5. The maximum atomic E-state index is 10.9. The summed E-state index contributed by atoms with van der Waals surface area (Å²) in [4.78, 5) is 15.3. The van der Waals surface area contributed by atoms with Crippen molar-refractivity contribution in [2.24, 2.45) is 0 Å². The van der Waals surface area contributed by atoms with Gasteiger partial charge in [0.05, 0.1) is 26.7 Å². The average Bonchev–Trinajstić information content (AvgIpc) is 2.56. The van der Waals surface area contributed by atoms with Crippen molar-refractivity contribution in [1.29, 1.82) is 0 Å². The van der Waals surface area contributed by atoms with Gasteiger partial charge in [-0.05, 0) is 24.3 Å². The van der Waals surface area contributed by atoms with Gasteiger partial charge in [-0.1, -0.05) is 0 Å². The molecule has 0 amide bonds. The van der Waals surface area contributed by atoms with Crippen LogP contribution in [0.15, 0.2) is 24.3 Å². The van der Waals surface area contributed by atoms with Crippen molar-refractivity contribution in [2.75, 3.05) is 57.9 Å². The summed E-state index contributed by atoms with van der Waals surface area (Å²) in [6.45, 7) is 5.65. The Morgan fingerprint density at radius 2 is 1.95 bits per heavy atom. The number of ether oxygens (including phenoxy) is 2. The van der Waals surface area contributed by atoms with E-state index in [2.05, 4.69) is 9.80 Å². The number of carbonyl (C=O) groups is 1. The van der Waals surface area contributed by atoms with Crippen molar-refractivity contribution in [3.63, 3.8) is 0 Å². The van der Waals surface area contributed by atoms with Gasteiger partial charge in [0.2, 0.25) is 0 Å². The number of hydrogen-bond donors (Lipinski definition) is 1. The van der Waals surface area contributed by atoms with Gasteiger partial charge in [0.25, 0.3) is 0 Å². The first kappa shape index (κ1) is 16.6. The van der Waals surface area contributed by atoms with Crippen LogP contribution in [0.1, 0.15) is 6.42 Å². The molecule has 1 aromatic rings. The summed E-state index contributed by atoms with van der Waals surface area (Å²) < 4.78 is 10.5. The molecule has 0 atom stereocenters. The molecule has 0 aliphatic carbocycles. The van der Waals surface area contributed by atoms with Crippen molar-refractivity contribution < 1.29 is 19.4 Å². The van der Waals surface area contributed by atoms with Crippen LogP contribution in [0.2, 0.25) is 0 Å². The molecule has 6 heteroatoms. The molecule has 1 aliphatic rings. The van der Waals surface area contributed by atoms with E-state index >= 15 is 0 Å². The van der Waals surface area contributed by atoms with Crippen LogP contribution >= 0.6 is 0 Å². The number of benzene rings is 1. The standard InChI is InChI=1S/C16H24N2O4/c1-21-15-4-2-14(3-5-15)18(7-6-16(19)20)9-8-17-10-12-22-13-11-17/h2-5H,6-13H2,1H3,(H,19,20). The van der Waals surface area contributed by atoms with Gasteiger partial charge in [0.15, 0.2) is 0 Å². The quantitative estimate of drug-likeness (QED) is 0.781. The second kappa shape index (κ2) is 8.60. The van der Waals surface area contributed by atoms with Crippen molar-refractivity contribution in [3.8, 4) is 5.75 Å². The van der Waals surface area contributed by atoms with Gasteiger partial charge in [-0.2, -0.15) is 0 Å². The van der Waals surface area contributed by atoms with Crippen LogP contribution in [0.25, 0.3) is 0 Å². The lowest BCUT2D eigenvalue weighted by Gasteiger charge is -2.31. The van der Waals surface area contributed by atoms with Gasteiger partial charge in [-0.3, -0.25) is 9.69 Å². The zero-order valence-corrected chi connectivity index (χ0v) is 13.0. The first-order valence-electron chi connectivity index (χ1n) is 7.60. The Balaban J connectivity index is 1.95. The highest BCUT2D eigenvalue weighted by molar-refractivity contribution is 5.67. The number of anilines is 1. The summed E-state index contributed by atoms with van der Waals surface area (Å²) >= 11 is 0. The highest BCUT2D eigenvalue weighted by Gasteiger charge is 2.14. The van der Waals surface area contributed by atoms with Gasteiger partial charge in [0.1, 0.15) is 5.75 Å². The van der Waals surface area contributed by atoms with Crippen molar-refractivity contribution in [2.45, 2.75) is 6.42 Å². The predicted molar refractivity (Wildman–Crippen MR) is 84.7 cm³/mol. The molecule has 2 rings (SSSR count). The minimum Gasteiger partial charge on any atom is -0.497 e. The largest absolute Gasteiger partial charge is 0.497 e. The van der Waals surface area contributed by atoms with E-state index in [0.29, 0.717) is 6.54 Å². The van der Waals surface area contributed by atoms with E-state index in [1.165, 1.54) is 0 Å². The molecule has 1 aliphatic heterocycles. The van der Waals surface area contributed by atoms with Crippen molar-refractivity contribution in [1.82, 2.24) is 4.90 Å². The molecule has 1 heterocycles. The molecule has 0 radical (unpaired) electrons. The lowest BCUT2D eigenvalue weighted by atomic mass is 10.2. The average molecular weight is 308 g/mol. The van der Waals surface area contributed by atoms with Crippen LogP contribution in [0, 0.1) is 0 Å². The number of hydrogen-bond acceptors (Lipinski definition) is 5. The van der Waals surface area contributed by atoms with E-state index in [9.17, 15) is 4.79 Å². The summed E-state index contributed by atoms with van der Waals surface area (Å²) in [7, 11) is 1.63. The fourth-order valence-corrected chi connectivity index (χ4v) is 2.48. The van der Waals surface area contributed by atoms with Crippen molar-refractivity contribution in [3.05, 3.63) is 24.3 Å². The maximum Gasteiger partial charge on any atom is 0.305 e. The highest BCUT2D eigenvalue weighted by atomic mass is 16.5. The van der Waals surface area contributed by atoms with E-state index in [-0.39, 0.29) is 6.42 Å². The molecule has 0 saturated carbocycles.